The Morgan fingerprint density at radius 1 is 1.06 bits per heavy atom. The third-order valence-electron chi connectivity index (χ3n) is 7.59. The normalized spacial score (nSPS) is 21.6. The second-order valence-electron chi connectivity index (χ2n) is 9.86. The van der Waals surface area contributed by atoms with Gasteiger partial charge in [0.1, 0.15) is 5.69 Å². The molecule has 1 aliphatic heterocycles. The number of carbonyl (C=O) groups excluding carboxylic acids is 2. The largest absolute Gasteiger partial charge is 0.353 e. The van der Waals surface area contributed by atoms with Crippen LogP contribution in [-0.2, 0) is 11.3 Å². The molecule has 2 atom stereocenters. The van der Waals surface area contributed by atoms with Gasteiger partial charge in [0.05, 0.1) is 10.2 Å². The number of nitrogens with zero attached hydrogens (tertiary/aromatic N) is 2. The summed E-state index contributed by atoms with van der Waals surface area (Å²) in [6.07, 6.45) is 6.22. The summed E-state index contributed by atoms with van der Waals surface area (Å²) in [5.74, 6) is 0.791. The van der Waals surface area contributed by atoms with Gasteiger partial charge in [-0.2, -0.15) is 0 Å². The molecule has 180 valence electrons. The fraction of sp³-hybridized carbons (Fsp3) is 0.481. The SMILES string of the molecule is C[C@@H]1CCCC[C@H]1NC(=O)C1CCN(C(=O)c2cc3sccc3n2Cc2ccc(Cl)cc2)CC1. The topological polar surface area (TPSA) is 54.3 Å². The lowest BCUT2D eigenvalue weighted by molar-refractivity contribution is -0.127. The molecule has 0 radical (unpaired) electrons. The molecule has 3 aromatic rings. The number of piperidine rings is 1. The number of fused-ring (bicyclic) bond motifs is 1. The van der Waals surface area contributed by atoms with E-state index in [1.807, 2.05) is 35.2 Å². The summed E-state index contributed by atoms with van der Waals surface area (Å²) >= 11 is 7.71. The fourth-order valence-corrected chi connectivity index (χ4v) is 6.38. The van der Waals surface area contributed by atoms with E-state index in [0.717, 1.165) is 40.7 Å². The van der Waals surface area contributed by atoms with Crippen molar-refractivity contribution >= 4 is 45.0 Å². The van der Waals surface area contributed by atoms with Gasteiger partial charge in [0.15, 0.2) is 0 Å². The predicted molar refractivity (Wildman–Crippen MR) is 139 cm³/mol. The Bertz CT molecular complexity index is 1160. The van der Waals surface area contributed by atoms with E-state index in [4.69, 9.17) is 11.6 Å². The maximum atomic E-state index is 13.6. The van der Waals surface area contributed by atoms with E-state index < -0.39 is 0 Å². The molecule has 2 aliphatic rings. The molecule has 0 unspecified atom stereocenters. The number of hydrogen-bond donors (Lipinski definition) is 1. The molecule has 2 fully saturated rings. The van der Waals surface area contributed by atoms with Crippen molar-refractivity contribution in [3.8, 4) is 0 Å². The van der Waals surface area contributed by atoms with Crippen LogP contribution < -0.4 is 5.32 Å². The number of likely N-dealkylation sites (tertiary alicyclic amines) is 1. The Kier molecular flexibility index (Phi) is 6.98. The average molecular weight is 498 g/mol. The highest BCUT2D eigenvalue weighted by Gasteiger charge is 2.31. The van der Waals surface area contributed by atoms with E-state index in [2.05, 4.69) is 28.3 Å². The molecule has 1 N–H and O–H groups in total. The molecule has 0 bridgehead atoms. The van der Waals surface area contributed by atoms with Gasteiger partial charge in [-0.1, -0.05) is 43.5 Å². The summed E-state index contributed by atoms with van der Waals surface area (Å²) in [6.45, 7) is 4.11. The highest BCUT2D eigenvalue weighted by atomic mass is 35.5. The summed E-state index contributed by atoms with van der Waals surface area (Å²) in [5.41, 5.74) is 2.91. The number of benzene rings is 1. The second-order valence-corrected chi connectivity index (χ2v) is 11.2. The highest BCUT2D eigenvalue weighted by molar-refractivity contribution is 7.17. The Balaban J connectivity index is 1.26. The van der Waals surface area contributed by atoms with Gasteiger partial charge in [-0.25, -0.2) is 0 Å². The van der Waals surface area contributed by atoms with Gasteiger partial charge in [-0.05, 0) is 66.8 Å². The second kappa shape index (κ2) is 10.1. The van der Waals surface area contributed by atoms with Crippen LogP contribution in [0, 0.1) is 11.8 Å². The maximum Gasteiger partial charge on any atom is 0.270 e. The number of nitrogens with one attached hydrogen (secondary N) is 1. The first-order chi connectivity index (χ1) is 16.5. The van der Waals surface area contributed by atoms with Gasteiger partial charge < -0.3 is 14.8 Å². The molecule has 1 saturated carbocycles. The highest BCUT2D eigenvalue weighted by Crippen LogP contribution is 2.29. The number of hydrogen-bond acceptors (Lipinski definition) is 3. The van der Waals surface area contributed by atoms with Crippen LogP contribution in [0.5, 0.6) is 0 Å². The lowest BCUT2D eigenvalue weighted by atomic mass is 9.85. The van der Waals surface area contributed by atoms with Gasteiger partial charge in [0.2, 0.25) is 5.91 Å². The van der Waals surface area contributed by atoms with Crippen molar-refractivity contribution < 1.29 is 9.59 Å². The van der Waals surface area contributed by atoms with Gasteiger partial charge in [0.25, 0.3) is 5.91 Å². The molecule has 2 amide bonds. The van der Waals surface area contributed by atoms with Crippen molar-refractivity contribution in [2.24, 2.45) is 11.8 Å². The van der Waals surface area contributed by atoms with Crippen LogP contribution >= 0.6 is 22.9 Å². The number of halogens is 1. The molecule has 1 saturated heterocycles. The molecular formula is C27H32ClN3O2S. The number of carbonyl (C=O) groups is 2. The molecule has 1 aliphatic carbocycles. The molecule has 3 heterocycles. The van der Waals surface area contributed by atoms with Crippen LogP contribution in [0.4, 0.5) is 0 Å². The number of rotatable bonds is 5. The fourth-order valence-electron chi connectivity index (χ4n) is 5.44. The van der Waals surface area contributed by atoms with Gasteiger partial charge in [-0.3, -0.25) is 9.59 Å². The van der Waals surface area contributed by atoms with Crippen LogP contribution in [0.3, 0.4) is 0 Å². The summed E-state index contributed by atoms with van der Waals surface area (Å²) in [6, 6.07) is 12.2. The summed E-state index contributed by atoms with van der Waals surface area (Å²) in [4.78, 5) is 28.4. The molecule has 2 aromatic heterocycles. The smallest absolute Gasteiger partial charge is 0.270 e. The van der Waals surface area contributed by atoms with Crippen molar-refractivity contribution in [3.63, 3.8) is 0 Å². The van der Waals surface area contributed by atoms with Crippen LogP contribution in [0.1, 0.15) is 61.5 Å². The monoisotopic (exact) mass is 497 g/mol. The molecule has 5 nitrogen and oxygen atoms in total. The maximum absolute atomic E-state index is 13.6. The third-order valence-corrected chi connectivity index (χ3v) is 8.69. The van der Waals surface area contributed by atoms with Crippen molar-refractivity contribution in [2.75, 3.05) is 13.1 Å². The molecular weight excluding hydrogens is 466 g/mol. The van der Waals surface area contributed by atoms with Crippen molar-refractivity contribution in [3.05, 3.63) is 58.1 Å². The Labute approximate surface area is 210 Å². The summed E-state index contributed by atoms with van der Waals surface area (Å²) in [5, 5.41) is 6.08. The zero-order chi connectivity index (χ0) is 23.7. The van der Waals surface area contributed by atoms with Gasteiger partial charge >= 0.3 is 0 Å². The predicted octanol–water partition coefficient (Wildman–Crippen LogP) is 5.95. The van der Waals surface area contributed by atoms with Crippen molar-refractivity contribution in [1.29, 1.82) is 0 Å². The van der Waals surface area contributed by atoms with E-state index in [0.29, 0.717) is 36.6 Å². The van der Waals surface area contributed by atoms with E-state index in [9.17, 15) is 9.59 Å². The molecule has 1 aromatic carbocycles. The van der Waals surface area contributed by atoms with Crippen LogP contribution in [0.25, 0.3) is 10.2 Å². The van der Waals surface area contributed by atoms with Crippen LogP contribution in [0.2, 0.25) is 5.02 Å². The van der Waals surface area contributed by atoms with E-state index in [-0.39, 0.29) is 17.7 Å². The first kappa shape index (κ1) is 23.4. The van der Waals surface area contributed by atoms with E-state index in [1.54, 1.807) is 11.3 Å². The number of aromatic nitrogens is 1. The molecule has 5 rings (SSSR count). The third kappa shape index (κ3) is 4.89. The molecule has 0 spiro atoms. The average Bonchev–Trinajstić information content (AvgIpc) is 3.44. The lowest BCUT2D eigenvalue weighted by Crippen LogP contribution is -2.47. The minimum Gasteiger partial charge on any atom is -0.353 e. The van der Waals surface area contributed by atoms with E-state index >= 15 is 0 Å². The van der Waals surface area contributed by atoms with Crippen molar-refractivity contribution in [2.45, 2.75) is 58.0 Å². The standard InChI is InChI=1S/C27H32ClN3O2S/c1-18-4-2-3-5-22(18)29-26(32)20-10-13-30(14-11-20)27(33)24-16-25-23(12-15-34-25)31(24)17-19-6-8-21(28)9-7-19/h6-9,12,15-16,18,20,22H,2-5,10-11,13-14,17H2,1H3,(H,29,32)/t18-,22-/m1/s1. The van der Waals surface area contributed by atoms with E-state index in [1.165, 1.54) is 19.3 Å². The summed E-state index contributed by atoms with van der Waals surface area (Å²) in [7, 11) is 0. The molecule has 34 heavy (non-hydrogen) atoms. The molecule has 7 heteroatoms. The Hall–Kier alpha value is -2.31. The zero-order valence-electron chi connectivity index (χ0n) is 19.6. The quantitative estimate of drug-likeness (QED) is 0.473. The Morgan fingerprint density at radius 3 is 2.53 bits per heavy atom. The number of thiophene rings is 1. The Morgan fingerprint density at radius 2 is 1.79 bits per heavy atom. The first-order valence-electron chi connectivity index (χ1n) is 12.4. The van der Waals surface area contributed by atoms with Crippen LogP contribution in [0.15, 0.2) is 41.8 Å². The first-order valence-corrected chi connectivity index (χ1v) is 13.7. The number of amides is 2. The lowest BCUT2D eigenvalue weighted by Gasteiger charge is -2.34. The van der Waals surface area contributed by atoms with Crippen molar-refractivity contribution in [1.82, 2.24) is 14.8 Å². The van der Waals surface area contributed by atoms with Crippen LogP contribution in [-0.4, -0.2) is 40.4 Å². The van der Waals surface area contributed by atoms with Gasteiger partial charge in [-0.15, -0.1) is 11.3 Å². The minimum atomic E-state index is 0.00234. The minimum absolute atomic E-state index is 0.00234. The zero-order valence-corrected chi connectivity index (χ0v) is 21.2. The summed E-state index contributed by atoms with van der Waals surface area (Å²) < 4.78 is 3.23. The van der Waals surface area contributed by atoms with Gasteiger partial charge in [0, 0.05) is 36.6 Å².